The maximum Gasteiger partial charge on any atom is 0.316 e. The lowest BCUT2D eigenvalue weighted by molar-refractivity contribution is -0.145. The fourth-order valence-electron chi connectivity index (χ4n) is 4.07. The van der Waals surface area contributed by atoms with Gasteiger partial charge in [-0.25, -0.2) is 0 Å². The van der Waals surface area contributed by atoms with E-state index in [-0.39, 0.29) is 5.92 Å². The van der Waals surface area contributed by atoms with Crippen LogP contribution in [-0.2, 0) is 16.1 Å². The summed E-state index contributed by atoms with van der Waals surface area (Å²) in [4.78, 5) is 23.7. The summed E-state index contributed by atoms with van der Waals surface area (Å²) < 4.78 is 2.21. The zero-order chi connectivity index (χ0) is 18.3. The summed E-state index contributed by atoms with van der Waals surface area (Å²) in [5, 5.41) is 13.3. The molecule has 1 aliphatic heterocycles. The van der Waals surface area contributed by atoms with Crippen LogP contribution < -0.4 is 5.32 Å². The Morgan fingerprint density at radius 1 is 1.15 bits per heavy atom. The number of hydrogen-bond donors (Lipinski definition) is 2. The highest BCUT2D eigenvalue weighted by molar-refractivity contribution is 6.01. The molecular weight excluding hydrogens is 328 g/mol. The number of fused-ring (bicyclic) bond motifs is 1. The molecule has 2 unspecified atom stereocenters. The van der Waals surface area contributed by atoms with Gasteiger partial charge in [-0.3, -0.25) is 9.59 Å². The van der Waals surface area contributed by atoms with Crippen molar-refractivity contribution in [3.63, 3.8) is 0 Å². The number of carbonyl (C=O) groups is 2. The number of para-hydroxylation sites is 1. The molecule has 1 aliphatic rings. The summed E-state index contributed by atoms with van der Waals surface area (Å²) in [6, 6.07) is 18.2. The van der Waals surface area contributed by atoms with E-state index < -0.39 is 17.8 Å². The van der Waals surface area contributed by atoms with E-state index in [9.17, 15) is 14.7 Å². The van der Waals surface area contributed by atoms with Gasteiger partial charge in [0.2, 0.25) is 5.91 Å². The molecule has 2 aromatic carbocycles. The van der Waals surface area contributed by atoms with E-state index >= 15 is 0 Å². The molecule has 4 rings (SSSR count). The van der Waals surface area contributed by atoms with Crippen LogP contribution in [-0.4, -0.2) is 28.1 Å². The number of amides is 1. The van der Waals surface area contributed by atoms with Crippen LogP contribution in [0.5, 0.6) is 0 Å². The third-order valence-corrected chi connectivity index (χ3v) is 5.28. The smallest absolute Gasteiger partial charge is 0.316 e. The maximum atomic E-state index is 12.0. The first kappa shape index (κ1) is 16.4. The van der Waals surface area contributed by atoms with E-state index in [1.807, 2.05) is 43.3 Å². The van der Waals surface area contributed by atoms with Gasteiger partial charge in [-0.05, 0) is 24.1 Å². The van der Waals surface area contributed by atoms with Crippen LogP contribution >= 0.6 is 0 Å². The molecule has 0 aliphatic carbocycles. The van der Waals surface area contributed by atoms with Crippen molar-refractivity contribution in [1.82, 2.24) is 9.88 Å². The van der Waals surface area contributed by atoms with Crippen molar-refractivity contribution in [3.05, 3.63) is 71.4 Å². The first-order valence-corrected chi connectivity index (χ1v) is 8.70. The number of carboxylic acid groups (broad SMARTS) is 1. The molecule has 26 heavy (non-hydrogen) atoms. The van der Waals surface area contributed by atoms with Crippen LogP contribution in [0.25, 0.3) is 10.9 Å². The van der Waals surface area contributed by atoms with Crippen LogP contribution in [0.1, 0.15) is 22.7 Å². The van der Waals surface area contributed by atoms with Gasteiger partial charge in [0.1, 0.15) is 5.92 Å². The van der Waals surface area contributed by atoms with Gasteiger partial charge in [0.15, 0.2) is 0 Å². The Morgan fingerprint density at radius 3 is 2.58 bits per heavy atom. The lowest BCUT2D eigenvalue weighted by Crippen LogP contribution is -2.27. The summed E-state index contributed by atoms with van der Waals surface area (Å²) in [5.41, 5.74) is 4.22. The summed E-state index contributed by atoms with van der Waals surface area (Å²) in [6.45, 7) is 3.08. The van der Waals surface area contributed by atoms with Gasteiger partial charge in [-0.1, -0.05) is 48.5 Å². The third kappa shape index (κ3) is 2.56. The molecule has 0 radical (unpaired) electrons. The fourth-order valence-corrected chi connectivity index (χ4v) is 4.07. The molecule has 0 saturated carbocycles. The molecule has 0 bridgehead atoms. The molecule has 1 amide bonds. The lowest BCUT2D eigenvalue weighted by Gasteiger charge is -2.15. The van der Waals surface area contributed by atoms with Crippen molar-refractivity contribution in [1.29, 1.82) is 0 Å². The molecule has 3 aromatic rings. The highest BCUT2D eigenvalue weighted by Gasteiger charge is 2.43. The number of aromatic nitrogens is 1. The molecule has 132 valence electrons. The Morgan fingerprint density at radius 2 is 1.85 bits per heavy atom. The quantitative estimate of drug-likeness (QED) is 0.712. The van der Waals surface area contributed by atoms with Crippen molar-refractivity contribution in [2.45, 2.75) is 19.4 Å². The highest BCUT2D eigenvalue weighted by Crippen LogP contribution is 2.38. The van der Waals surface area contributed by atoms with Crippen molar-refractivity contribution in [3.8, 4) is 0 Å². The maximum absolute atomic E-state index is 12.0. The minimum Gasteiger partial charge on any atom is -0.481 e. The Kier molecular flexibility index (Phi) is 3.99. The summed E-state index contributed by atoms with van der Waals surface area (Å²) >= 11 is 0. The van der Waals surface area contributed by atoms with Gasteiger partial charge < -0.3 is 15.0 Å². The van der Waals surface area contributed by atoms with Crippen LogP contribution in [0.4, 0.5) is 0 Å². The minimum atomic E-state index is -1.07. The van der Waals surface area contributed by atoms with Crippen molar-refractivity contribution < 1.29 is 14.7 Å². The van der Waals surface area contributed by atoms with Crippen molar-refractivity contribution in [2.75, 3.05) is 6.54 Å². The van der Waals surface area contributed by atoms with E-state index in [4.69, 9.17) is 0 Å². The van der Waals surface area contributed by atoms with Gasteiger partial charge in [0.25, 0.3) is 0 Å². The molecule has 2 heterocycles. The molecular formula is C21H20N2O3. The van der Waals surface area contributed by atoms with Crippen molar-refractivity contribution in [2.24, 2.45) is 5.92 Å². The van der Waals surface area contributed by atoms with Crippen LogP contribution in [0, 0.1) is 12.8 Å². The Hall–Kier alpha value is -3.08. The second-order valence-corrected chi connectivity index (χ2v) is 6.76. The average molecular weight is 348 g/mol. The zero-order valence-electron chi connectivity index (χ0n) is 14.5. The molecule has 1 fully saturated rings. The average Bonchev–Trinajstić information content (AvgIpc) is 3.14. The second kappa shape index (κ2) is 6.33. The predicted octanol–water partition coefficient (Wildman–Crippen LogP) is 2.91. The van der Waals surface area contributed by atoms with Gasteiger partial charge in [0.05, 0.1) is 0 Å². The van der Waals surface area contributed by atoms with E-state index in [0.29, 0.717) is 13.1 Å². The van der Waals surface area contributed by atoms with Gasteiger partial charge in [0, 0.05) is 35.6 Å². The molecule has 5 heteroatoms. The topological polar surface area (TPSA) is 71.3 Å². The zero-order valence-corrected chi connectivity index (χ0v) is 14.5. The molecule has 2 atom stereocenters. The monoisotopic (exact) mass is 348 g/mol. The highest BCUT2D eigenvalue weighted by atomic mass is 16.4. The largest absolute Gasteiger partial charge is 0.481 e. The van der Waals surface area contributed by atoms with E-state index in [1.165, 1.54) is 5.56 Å². The van der Waals surface area contributed by atoms with Crippen LogP contribution in [0.15, 0.2) is 54.6 Å². The number of rotatable bonds is 4. The van der Waals surface area contributed by atoms with Gasteiger partial charge >= 0.3 is 5.97 Å². The SMILES string of the molecule is Cc1c(C2CNC(=O)C2C(=O)O)c2ccccc2n1Cc1ccccc1. The Labute approximate surface area is 151 Å². The molecule has 0 spiro atoms. The molecule has 5 nitrogen and oxygen atoms in total. The number of aliphatic carboxylic acids is 1. The van der Waals surface area contributed by atoms with E-state index in [1.54, 1.807) is 0 Å². The predicted molar refractivity (Wildman–Crippen MR) is 99.1 cm³/mol. The standard InChI is InChI=1S/C21H20N2O3/c1-13-18(16-11-22-20(24)19(16)21(25)26)15-9-5-6-10-17(15)23(13)12-14-7-3-2-4-8-14/h2-10,16,19H,11-12H2,1H3,(H,22,24)(H,25,26). The summed E-state index contributed by atoms with van der Waals surface area (Å²) in [5.74, 6) is -2.86. The lowest BCUT2D eigenvalue weighted by atomic mass is 9.87. The molecule has 2 N–H and O–H groups in total. The number of nitrogens with zero attached hydrogens (tertiary/aromatic N) is 1. The first-order chi connectivity index (χ1) is 12.6. The number of carboxylic acids is 1. The second-order valence-electron chi connectivity index (χ2n) is 6.76. The fraction of sp³-hybridized carbons (Fsp3) is 0.238. The van der Waals surface area contributed by atoms with Crippen LogP contribution in [0.2, 0.25) is 0 Å². The number of hydrogen-bond acceptors (Lipinski definition) is 2. The first-order valence-electron chi connectivity index (χ1n) is 8.70. The summed E-state index contributed by atoms with van der Waals surface area (Å²) in [7, 11) is 0. The van der Waals surface area contributed by atoms with E-state index in [2.05, 4.69) is 28.1 Å². The number of nitrogens with one attached hydrogen (secondary N) is 1. The van der Waals surface area contributed by atoms with Crippen LogP contribution in [0.3, 0.4) is 0 Å². The normalized spacial score (nSPS) is 19.7. The summed E-state index contributed by atoms with van der Waals surface area (Å²) in [6.07, 6.45) is 0. The van der Waals surface area contributed by atoms with Crippen molar-refractivity contribution >= 4 is 22.8 Å². The number of carbonyl (C=O) groups excluding carboxylic acids is 1. The molecule has 1 aromatic heterocycles. The third-order valence-electron chi connectivity index (χ3n) is 5.28. The Balaban J connectivity index is 1.87. The van der Waals surface area contributed by atoms with Gasteiger partial charge in [-0.2, -0.15) is 0 Å². The van der Waals surface area contributed by atoms with E-state index in [0.717, 1.165) is 22.2 Å². The minimum absolute atomic E-state index is 0.357. The number of benzene rings is 2. The van der Waals surface area contributed by atoms with Gasteiger partial charge in [-0.15, -0.1) is 0 Å². The molecule has 1 saturated heterocycles. The Bertz CT molecular complexity index is 991.